The molecule has 0 aromatic heterocycles. The molecule has 1 aromatic carbocycles. The van der Waals surface area contributed by atoms with E-state index in [1.165, 1.54) is 18.9 Å². The molecule has 2 nitrogen and oxygen atoms in total. The Morgan fingerprint density at radius 3 is 3.06 bits per heavy atom. The van der Waals surface area contributed by atoms with Gasteiger partial charge >= 0.3 is 0 Å². The molecule has 1 heterocycles. The highest BCUT2D eigenvalue weighted by atomic mass is 19.1. The first kappa shape index (κ1) is 12.0. The molecule has 3 rings (SSSR count). The summed E-state index contributed by atoms with van der Waals surface area (Å²) < 4.78 is 19.5. The minimum Gasteiger partial charge on any atom is -0.486 e. The molecule has 1 spiro atoms. The van der Waals surface area contributed by atoms with Crippen LogP contribution < -0.4 is 4.74 Å². The maximum atomic E-state index is 13.3. The molecule has 0 bridgehead atoms. The smallest absolute Gasteiger partial charge is 0.123 e. The Kier molecular flexibility index (Phi) is 2.81. The fourth-order valence-electron chi connectivity index (χ4n) is 3.54. The molecule has 1 fully saturated rings. The van der Waals surface area contributed by atoms with E-state index < -0.39 is 0 Å². The van der Waals surface area contributed by atoms with E-state index in [0.717, 1.165) is 30.7 Å². The summed E-state index contributed by atoms with van der Waals surface area (Å²) in [4.78, 5) is 2.23. The van der Waals surface area contributed by atoms with Crippen LogP contribution in [0.3, 0.4) is 0 Å². The van der Waals surface area contributed by atoms with E-state index in [1.807, 2.05) is 0 Å². The van der Waals surface area contributed by atoms with Crippen molar-refractivity contribution >= 4 is 0 Å². The largest absolute Gasteiger partial charge is 0.486 e. The molecule has 2 atom stereocenters. The first-order chi connectivity index (χ1) is 8.59. The van der Waals surface area contributed by atoms with Crippen molar-refractivity contribution in [2.45, 2.75) is 31.3 Å². The number of fused-ring (bicyclic) bond motifs is 1. The van der Waals surface area contributed by atoms with Gasteiger partial charge in [0, 0.05) is 24.4 Å². The van der Waals surface area contributed by atoms with Crippen LogP contribution in [0, 0.1) is 11.7 Å². The van der Waals surface area contributed by atoms with Crippen molar-refractivity contribution in [1.29, 1.82) is 0 Å². The molecule has 98 valence electrons. The second-order valence-electron chi connectivity index (χ2n) is 5.95. The van der Waals surface area contributed by atoms with Crippen LogP contribution in [0.25, 0.3) is 0 Å². The molecular formula is C15H20FNO. The Bertz CT molecular complexity index is 460. The van der Waals surface area contributed by atoms with Gasteiger partial charge in [-0.1, -0.05) is 0 Å². The summed E-state index contributed by atoms with van der Waals surface area (Å²) in [6.07, 6.45) is 4.41. The maximum Gasteiger partial charge on any atom is 0.123 e. The van der Waals surface area contributed by atoms with Crippen molar-refractivity contribution in [1.82, 2.24) is 4.90 Å². The first-order valence-corrected chi connectivity index (χ1v) is 6.71. The molecule has 0 unspecified atom stereocenters. The van der Waals surface area contributed by atoms with Crippen LogP contribution in [0.15, 0.2) is 18.2 Å². The molecule has 18 heavy (non-hydrogen) atoms. The van der Waals surface area contributed by atoms with Crippen LogP contribution >= 0.6 is 0 Å². The number of halogens is 1. The van der Waals surface area contributed by atoms with Gasteiger partial charge in [0.05, 0.1) is 0 Å². The van der Waals surface area contributed by atoms with E-state index in [-0.39, 0.29) is 11.4 Å². The third kappa shape index (κ3) is 1.91. The molecule has 1 aliphatic heterocycles. The zero-order chi connectivity index (χ0) is 12.8. The predicted molar refractivity (Wildman–Crippen MR) is 69.4 cm³/mol. The highest BCUT2D eigenvalue weighted by molar-refractivity contribution is 5.40. The molecule has 0 amide bonds. The molecule has 1 aromatic rings. The molecule has 0 N–H and O–H groups in total. The second kappa shape index (κ2) is 4.23. The topological polar surface area (TPSA) is 12.5 Å². The third-order valence-electron chi connectivity index (χ3n) is 4.31. The van der Waals surface area contributed by atoms with E-state index in [9.17, 15) is 4.39 Å². The van der Waals surface area contributed by atoms with Gasteiger partial charge in [0.15, 0.2) is 0 Å². The summed E-state index contributed by atoms with van der Waals surface area (Å²) in [5.74, 6) is 1.29. The molecule has 2 aliphatic rings. The summed E-state index contributed by atoms with van der Waals surface area (Å²) in [7, 11) is 4.21. The average Bonchev–Trinajstić information content (AvgIpc) is 2.83. The third-order valence-corrected chi connectivity index (χ3v) is 4.31. The van der Waals surface area contributed by atoms with Gasteiger partial charge in [-0.15, -0.1) is 0 Å². The molecule has 0 saturated heterocycles. The number of nitrogens with zero attached hydrogens (tertiary/aromatic N) is 1. The molecule has 1 saturated carbocycles. The van der Waals surface area contributed by atoms with Crippen LogP contribution in [-0.4, -0.2) is 31.1 Å². The average molecular weight is 249 g/mol. The molecular weight excluding hydrogens is 229 g/mol. The minimum atomic E-state index is -0.156. The standard InChI is InChI=1S/C15H20FNO/c1-17(2)10-12-4-3-7-15(12)9-11-8-13(16)5-6-14(11)18-15/h5-6,8,12H,3-4,7,9-10H2,1-2H3/t12-,15+/m1/s1. The summed E-state index contributed by atoms with van der Waals surface area (Å²) in [5, 5.41) is 0. The van der Waals surface area contributed by atoms with Crippen molar-refractivity contribution in [3.63, 3.8) is 0 Å². The van der Waals surface area contributed by atoms with Gasteiger partial charge in [-0.2, -0.15) is 0 Å². The quantitative estimate of drug-likeness (QED) is 0.799. The number of rotatable bonds is 2. The summed E-state index contributed by atoms with van der Waals surface area (Å²) in [5.41, 5.74) is 0.973. The van der Waals surface area contributed by atoms with Crippen molar-refractivity contribution < 1.29 is 9.13 Å². The summed E-state index contributed by atoms with van der Waals surface area (Å²) >= 11 is 0. The lowest BCUT2D eigenvalue weighted by Gasteiger charge is -2.32. The Morgan fingerprint density at radius 2 is 2.28 bits per heavy atom. The van der Waals surface area contributed by atoms with Gasteiger partial charge in [-0.3, -0.25) is 0 Å². The zero-order valence-electron chi connectivity index (χ0n) is 11.1. The number of hydrogen-bond donors (Lipinski definition) is 0. The van der Waals surface area contributed by atoms with E-state index in [0.29, 0.717) is 5.92 Å². The highest BCUT2D eigenvalue weighted by Crippen LogP contribution is 2.48. The molecule has 0 radical (unpaired) electrons. The SMILES string of the molecule is CN(C)C[C@H]1CCC[C@]12Cc1cc(F)ccc1O2. The lowest BCUT2D eigenvalue weighted by atomic mass is 9.86. The lowest BCUT2D eigenvalue weighted by molar-refractivity contribution is 0.0408. The molecule has 1 aliphatic carbocycles. The normalized spacial score (nSPS) is 29.9. The van der Waals surface area contributed by atoms with Gasteiger partial charge in [-0.05, 0) is 51.6 Å². The predicted octanol–water partition coefficient (Wildman–Crippen LogP) is 2.86. The van der Waals surface area contributed by atoms with Crippen molar-refractivity contribution in [3.8, 4) is 5.75 Å². The second-order valence-corrected chi connectivity index (χ2v) is 5.95. The Labute approximate surface area is 108 Å². The van der Waals surface area contributed by atoms with Crippen molar-refractivity contribution in [2.24, 2.45) is 5.92 Å². The number of hydrogen-bond acceptors (Lipinski definition) is 2. The Hall–Kier alpha value is -1.09. The Morgan fingerprint density at radius 1 is 1.44 bits per heavy atom. The van der Waals surface area contributed by atoms with Gasteiger partial charge in [0.25, 0.3) is 0 Å². The molecule has 3 heteroatoms. The summed E-state index contributed by atoms with van der Waals surface area (Å²) in [6, 6.07) is 4.91. The monoisotopic (exact) mass is 249 g/mol. The van der Waals surface area contributed by atoms with E-state index in [1.54, 1.807) is 12.1 Å². The fourth-order valence-corrected chi connectivity index (χ4v) is 3.54. The van der Waals surface area contributed by atoms with Crippen LogP contribution in [0.5, 0.6) is 5.75 Å². The van der Waals surface area contributed by atoms with E-state index in [2.05, 4.69) is 19.0 Å². The Balaban J connectivity index is 1.86. The minimum absolute atomic E-state index is 0.0691. The van der Waals surface area contributed by atoms with E-state index >= 15 is 0 Å². The van der Waals surface area contributed by atoms with Crippen LogP contribution in [0.2, 0.25) is 0 Å². The van der Waals surface area contributed by atoms with Crippen molar-refractivity contribution in [2.75, 3.05) is 20.6 Å². The number of benzene rings is 1. The van der Waals surface area contributed by atoms with Crippen molar-refractivity contribution in [3.05, 3.63) is 29.6 Å². The van der Waals surface area contributed by atoms with Crippen LogP contribution in [0.4, 0.5) is 4.39 Å². The van der Waals surface area contributed by atoms with Gasteiger partial charge in [0.2, 0.25) is 0 Å². The summed E-state index contributed by atoms with van der Waals surface area (Å²) in [6.45, 7) is 1.05. The van der Waals surface area contributed by atoms with E-state index in [4.69, 9.17) is 4.74 Å². The first-order valence-electron chi connectivity index (χ1n) is 6.71. The fraction of sp³-hybridized carbons (Fsp3) is 0.600. The maximum absolute atomic E-state index is 13.3. The van der Waals surface area contributed by atoms with Gasteiger partial charge in [0.1, 0.15) is 17.2 Å². The van der Waals surface area contributed by atoms with Gasteiger partial charge in [-0.25, -0.2) is 4.39 Å². The van der Waals surface area contributed by atoms with Crippen LogP contribution in [0.1, 0.15) is 24.8 Å². The zero-order valence-corrected chi connectivity index (χ0v) is 11.1. The number of ether oxygens (including phenoxy) is 1. The van der Waals surface area contributed by atoms with Gasteiger partial charge < -0.3 is 9.64 Å². The van der Waals surface area contributed by atoms with Crippen LogP contribution in [-0.2, 0) is 6.42 Å². The lowest BCUT2D eigenvalue weighted by Crippen LogP contribution is -2.42. The highest BCUT2D eigenvalue weighted by Gasteiger charge is 2.49.